The van der Waals surface area contributed by atoms with Gasteiger partial charge in [-0.15, -0.1) is 0 Å². The number of aryl methyl sites for hydroxylation is 1. The van der Waals surface area contributed by atoms with Gasteiger partial charge in [-0.1, -0.05) is 32.9 Å². The Kier molecular flexibility index (Phi) is 4.52. The number of carbonyl (C=O) groups is 1. The molecule has 0 radical (unpaired) electrons. The van der Waals surface area contributed by atoms with Crippen molar-refractivity contribution in [2.24, 2.45) is 5.41 Å². The number of nitrogens with zero attached hydrogens (tertiary/aromatic N) is 2. The van der Waals surface area contributed by atoms with Gasteiger partial charge in [0.2, 0.25) is 5.91 Å². The number of hydrogen-bond acceptors (Lipinski definition) is 2. The van der Waals surface area contributed by atoms with Crippen LogP contribution in [0, 0.1) is 24.0 Å². The van der Waals surface area contributed by atoms with Crippen LogP contribution in [0.1, 0.15) is 32.8 Å². The summed E-state index contributed by atoms with van der Waals surface area (Å²) in [6.07, 6.45) is 1.58. The molecule has 0 fully saturated rings. The van der Waals surface area contributed by atoms with Gasteiger partial charge in [-0.25, -0.2) is 13.8 Å². The van der Waals surface area contributed by atoms with E-state index in [1.54, 1.807) is 19.1 Å². The molecule has 1 amide bonds. The molecule has 0 saturated carbocycles. The number of benzene rings is 1. The van der Waals surface area contributed by atoms with E-state index in [9.17, 15) is 13.6 Å². The molecule has 0 unspecified atom stereocenters. The van der Waals surface area contributed by atoms with Crippen LogP contribution in [-0.2, 0) is 4.79 Å². The van der Waals surface area contributed by atoms with Gasteiger partial charge in [-0.3, -0.25) is 9.20 Å². The molecule has 0 aliphatic carbocycles. The molecule has 2 aromatic heterocycles. The highest BCUT2D eigenvalue weighted by Crippen LogP contribution is 2.31. The normalized spacial score (nSPS) is 11.8. The number of aromatic nitrogens is 2. The van der Waals surface area contributed by atoms with Gasteiger partial charge in [-0.05, 0) is 36.1 Å². The lowest BCUT2D eigenvalue weighted by Crippen LogP contribution is -2.20. The standard InChI is InChI=1S/C20H21F2N3O/c1-12-5-6-13(9-15(12)22)18-19(24-17(26)10-20(2,3)4)23-16-8-7-14(21)11-25(16)18/h5-9,11H,10H2,1-4H3,(H,24,26). The van der Waals surface area contributed by atoms with Crippen molar-refractivity contribution < 1.29 is 13.6 Å². The highest BCUT2D eigenvalue weighted by Gasteiger charge is 2.21. The van der Waals surface area contributed by atoms with Crippen LogP contribution in [0.15, 0.2) is 36.5 Å². The molecule has 3 aromatic rings. The lowest BCUT2D eigenvalue weighted by molar-refractivity contribution is -0.117. The summed E-state index contributed by atoms with van der Waals surface area (Å²) in [4.78, 5) is 16.8. The number of anilines is 1. The van der Waals surface area contributed by atoms with Crippen LogP contribution in [0.25, 0.3) is 16.9 Å². The molecule has 0 aliphatic heterocycles. The fourth-order valence-corrected chi connectivity index (χ4v) is 2.78. The van der Waals surface area contributed by atoms with Crippen LogP contribution in [-0.4, -0.2) is 15.3 Å². The van der Waals surface area contributed by atoms with E-state index in [1.807, 2.05) is 20.8 Å². The van der Waals surface area contributed by atoms with Crippen molar-refractivity contribution in [2.45, 2.75) is 34.1 Å². The van der Waals surface area contributed by atoms with Crippen LogP contribution in [0.4, 0.5) is 14.6 Å². The Morgan fingerprint density at radius 2 is 1.92 bits per heavy atom. The van der Waals surface area contributed by atoms with E-state index < -0.39 is 5.82 Å². The van der Waals surface area contributed by atoms with E-state index >= 15 is 0 Å². The van der Waals surface area contributed by atoms with Gasteiger partial charge in [0.15, 0.2) is 5.82 Å². The zero-order valence-corrected chi connectivity index (χ0v) is 15.2. The first-order chi connectivity index (χ1) is 12.1. The lowest BCUT2D eigenvalue weighted by atomic mass is 9.92. The van der Waals surface area contributed by atoms with Crippen LogP contribution in [0.3, 0.4) is 0 Å². The van der Waals surface area contributed by atoms with Gasteiger partial charge in [-0.2, -0.15) is 0 Å². The SMILES string of the molecule is Cc1ccc(-c2c(NC(=O)CC(C)(C)C)nc3ccc(F)cn23)cc1F. The first-order valence-corrected chi connectivity index (χ1v) is 8.38. The Morgan fingerprint density at radius 1 is 1.19 bits per heavy atom. The third kappa shape index (κ3) is 3.74. The van der Waals surface area contributed by atoms with E-state index in [0.29, 0.717) is 28.9 Å². The number of rotatable bonds is 3. The average Bonchev–Trinajstić information content (AvgIpc) is 2.85. The summed E-state index contributed by atoms with van der Waals surface area (Å²) in [5.41, 5.74) is 1.74. The number of pyridine rings is 1. The number of fused-ring (bicyclic) bond motifs is 1. The third-order valence-corrected chi connectivity index (χ3v) is 3.98. The van der Waals surface area contributed by atoms with Crippen molar-refractivity contribution in [3.8, 4) is 11.3 Å². The predicted octanol–water partition coefficient (Wildman–Crippen LogP) is 4.96. The Bertz CT molecular complexity index is 987. The van der Waals surface area contributed by atoms with E-state index in [-0.39, 0.29) is 23.0 Å². The highest BCUT2D eigenvalue weighted by atomic mass is 19.1. The molecule has 136 valence electrons. The second kappa shape index (κ2) is 6.52. The minimum Gasteiger partial charge on any atom is -0.309 e. The number of imidazole rings is 1. The number of carbonyl (C=O) groups excluding carboxylic acids is 1. The maximum absolute atomic E-state index is 14.1. The number of nitrogens with one attached hydrogen (secondary N) is 1. The quantitative estimate of drug-likeness (QED) is 0.720. The van der Waals surface area contributed by atoms with E-state index in [2.05, 4.69) is 10.3 Å². The molecule has 0 aliphatic rings. The molecule has 2 heterocycles. The zero-order valence-electron chi connectivity index (χ0n) is 15.2. The summed E-state index contributed by atoms with van der Waals surface area (Å²) < 4.78 is 29.4. The van der Waals surface area contributed by atoms with E-state index in [4.69, 9.17) is 0 Å². The molecule has 1 aromatic carbocycles. The molecule has 1 N–H and O–H groups in total. The van der Waals surface area contributed by atoms with Crippen molar-refractivity contribution in [2.75, 3.05) is 5.32 Å². The van der Waals surface area contributed by atoms with Gasteiger partial charge in [0.1, 0.15) is 17.3 Å². The second-order valence-corrected chi connectivity index (χ2v) is 7.63. The summed E-state index contributed by atoms with van der Waals surface area (Å²) in [6.45, 7) is 7.55. The van der Waals surface area contributed by atoms with Gasteiger partial charge < -0.3 is 5.32 Å². The maximum atomic E-state index is 14.1. The van der Waals surface area contributed by atoms with Gasteiger partial charge in [0, 0.05) is 18.2 Å². The van der Waals surface area contributed by atoms with Crippen molar-refractivity contribution >= 4 is 17.4 Å². The third-order valence-electron chi connectivity index (χ3n) is 3.98. The Balaban J connectivity index is 2.13. The molecule has 0 spiro atoms. The summed E-state index contributed by atoms with van der Waals surface area (Å²) in [5.74, 6) is -0.736. The lowest BCUT2D eigenvalue weighted by Gasteiger charge is -2.17. The van der Waals surface area contributed by atoms with Crippen LogP contribution in [0.5, 0.6) is 0 Å². The van der Waals surface area contributed by atoms with Crippen LogP contribution < -0.4 is 5.32 Å². The Morgan fingerprint density at radius 3 is 2.58 bits per heavy atom. The molecule has 0 saturated heterocycles. The molecule has 0 bridgehead atoms. The molecule has 0 atom stereocenters. The van der Waals surface area contributed by atoms with Crippen molar-refractivity contribution in [1.82, 2.24) is 9.38 Å². The fourth-order valence-electron chi connectivity index (χ4n) is 2.78. The first-order valence-electron chi connectivity index (χ1n) is 8.38. The summed E-state index contributed by atoms with van der Waals surface area (Å²) in [7, 11) is 0. The Labute approximate surface area is 150 Å². The molecule has 4 nitrogen and oxygen atoms in total. The summed E-state index contributed by atoms with van der Waals surface area (Å²) in [6, 6.07) is 7.55. The fraction of sp³-hybridized carbons (Fsp3) is 0.300. The van der Waals surface area contributed by atoms with Crippen molar-refractivity contribution in [1.29, 1.82) is 0 Å². The van der Waals surface area contributed by atoms with Crippen LogP contribution in [0.2, 0.25) is 0 Å². The average molecular weight is 357 g/mol. The molecular weight excluding hydrogens is 336 g/mol. The largest absolute Gasteiger partial charge is 0.309 e. The summed E-state index contributed by atoms with van der Waals surface area (Å²) in [5, 5.41) is 2.79. The number of halogens is 2. The van der Waals surface area contributed by atoms with E-state index in [1.165, 1.54) is 28.8 Å². The molecule has 26 heavy (non-hydrogen) atoms. The minimum absolute atomic E-state index is 0.189. The van der Waals surface area contributed by atoms with Gasteiger partial charge >= 0.3 is 0 Å². The van der Waals surface area contributed by atoms with Crippen molar-refractivity contribution in [3.63, 3.8) is 0 Å². The number of hydrogen-bond donors (Lipinski definition) is 1. The van der Waals surface area contributed by atoms with Crippen molar-refractivity contribution in [3.05, 3.63) is 53.7 Å². The first kappa shape index (κ1) is 18.0. The molecular formula is C20H21F2N3O. The van der Waals surface area contributed by atoms with Crippen LogP contribution >= 0.6 is 0 Å². The Hall–Kier alpha value is -2.76. The topological polar surface area (TPSA) is 46.4 Å². The van der Waals surface area contributed by atoms with Gasteiger partial charge in [0.05, 0.1) is 5.69 Å². The smallest absolute Gasteiger partial charge is 0.226 e. The monoisotopic (exact) mass is 357 g/mol. The molecule has 3 rings (SSSR count). The second-order valence-electron chi connectivity index (χ2n) is 7.63. The minimum atomic E-state index is -0.448. The zero-order chi connectivity index (χ0) is 19.1. The molecule has 6 heteroatoms. The number of amides is 1. The maximum Gasteiger partial charge on any atom is 0.226 e. The van der Waals surface area contributed by atoms with E-state index in [0.717, 1.165) is 0 Å². The van der Waals surface area contributed by atoms with Gasteiger partial charge in [0.25, 0.3) is 0 Å². The summed E-state index contributed by atoms with van der Waals surface area (Å²) >= 11 is 0. The highest BCUT2D eigenvalue weighted by molar-refractivity contribution is 5.94. The predicted molar refractivity (Wildman–Crippen MR) is 98.0 cm³/mol.